The molecule has 0 spiro atoms. The second-order valence-corrected chi connectivity index (χ2v) is 6.66. The van der Waals surface area contributed by atoms with Crippen LogP contribution in [0.3, 0.4) is 0 Å². The molecule has 21 heavy (non-hydrogen) atoms. The first kappa shape index (κ1) is 18.1. The van der Waals surface area contributed by atoms with E-state index >= 15 is 0 Å². The normalized spacial score (nSPS) is 12.9. The van der Waals surface area contributed by atoms with E-state index in [-0.39, 0.29) is 11.3 Å². The van der Waals surface area contributed by atoms with E-state index in [9.17, 15) is 4.79 Å². The molecule has 0 aliphatic carbocycles. The van der Waals surface area contributed by atoms with Gasteiger partial charge in [0, 0.05) is 13.6 Å². The Morgan fingerprint density at radius 2 is 2.05 bits per heavy atom. The minimum atomic E-state index is -0.653. The van der Waals surface area contributed by atoms with Crippen molar-refractivity contribution in [3.63, 3.8) is 0 Å². The van der Waals surface area contributed by atoms with E-state index in [0.717, 1.165) is 0 Å². The van der Waals surface area contributed by atoms with Crippen molar-refractivity contribution in [1.82, 2.24) is 4.90 Å². The van der Waals surface area contributed by atoms with Crippen LogP contribution in [0.4, 0.5) is 0 Å². The quantitative estimate of drug-likeness (QED) is 0.870. The van der Waals surface area contributed by atoms with Crippen molar-refractivity contribution in [2.75, 3.05) is 20.1 Å². The third kappa shape index (κ3) is 5.06. The van der Waals surface area contributed by atoms with Gasteiger partial charge in [0.15, 0.2) is 6.10 Å². The average molecular weight is 333 g/mol. The molecule has 118 valence electrons. The second kappa shape index (κ2) is 7.34. The molecule has 1 rings (SSSR count). The van der Waals surface area contributed by atoms with E-state index in [2.05, 4.69) is 0 Å². The highest BCUT2D eigenvalue weighted by molar-refractivity contribution is 6.42. The van der Waals surface area contributed by atoms with Gasteiger partial charge in [-0.3, -0.25) is 4.79 Å². The zero-order valence-corrected chi connectivity index (χ0v) is 14.3. The van der Waals surface area contributed by atoms with E-state index in [0.29, 0.717) is 28.9 Å². The van der Waals surface area contributed by atoms with Gasteiger partial charge in [-0.1, -0.05) is 43.1 Å². The maximum Gasteiger partial charge on any atom is 0.263 e. The number of hydrogen-bond acceptors (Lipinski definition) is 3. The molecule has 1 aromatic carbocycles. The van der Waals surface area contributed by atoms with E-state index in [1.54, 1.807) is 37.1 Å². The fraction of sp³-hybridized carbons (Fsp3) is 0.533. The molecule has 0 saturated carbocycles. The van der Waals surface area contributed by atoms with Crippen molar-refractivity contribution >= 4 is 29.1 Å². The van der Waals surface area contributed by atoms with Crippen molar-refractivity contribution < 1.29 is 9.53 Å². The third-order valence-corrected chi connectivity index (χ3v) is 3.96. The summed E-state index contributed by atoms with van der Waals surface area (Å²) in [6.07, 6.45) is -0.653. The molecule has 1 atom stereocenters. The molecular formula is C15H22Cl2N2O2. The molecule has 2 N–H and O–H groups in total. The number of nitrogens with zero attached hydrogens (tertiary/aromatic N) is 1. The molecule has 0 saturated heterocycles. The van der Waals surface area contributed by atoms with Crippen LogP contribution in [0.2, 0.25) is 10.0 Å². The van der Waals surface area contributed by atoms with E-state index < -0.39 is 6.10 Å². The van der Waals surface area contributed by atoms with Crippen LogP contribution >= 0.6 is 23.2 Å². The summed E-state index contributed by atoms with van der Waals surface area (Å²) < 4.78 is 5.62. The van der Waals surface area contributed by atoms with Crippen LogP contribution in [0.25, 0.3) is 0 Å². The van der Waals surface area contributed by atoms with Gasteiger partial charge < -0.3 is 15.4 Å². The van der Waals surface area contributed by atoms with Gasteiger partial charge in [-0.05, 0) is 31.0 Å². The lowest BCUT2D eigenvalue weighted by molar-refractivity contribution is -0.137. The van der Waals surface area contributed by atoms with Crippen LogP contribution in [0.15, 0.2) is 18.2 Å². The van der Waals surface area contributed by atoms with Gasteiger partial charge >= 0.3 is 0 Å². The summed E-state index contributed by atoms with van der Waals surface area (Å²) in [4.78, 5) is 13.9. The van der Waals surface area contributed by atoms with Gasteiger partial charge in [0.2, 0.25) is 0 Å². The van der Waals surface area contributed by atoms with Crippen LogP contribution in [0, 0.1) is 5.41 Å². The first-order valence-electron chi connectivity index (χ1n) is 6.73. The topological polar surface area (TPSA) is 55.6 Å². The molecule has 0 bridgehead atoms. The van der Waals surface area contributed by atoms with E-state index in [4.69, 9.17) is 33.7 Å². The second-order valence-electron chi connectivity index (χ2n) is 5.87. The van der Waals surface area contributed by atoms with Crippen molar-refractivity contribution in [3.8, 4) is 5.75 Å². The number of hydrogen-bond donors (Lipinski definition) is 1. The molecule has 0 fully saturated rings. The molecule has 1 aromatic rings. The molecule has 0 aliphatic rings. The Bertz CT molecular complexity index is 506. The van der Waals surface area contributed by atoms with Crippen LogP contribution in [0.1, 0.15) is 20.8 Å². The van der Waals surface area contributed by atoms with Gasteiger partial charge in [0.1, 0.15) is 10.8 Å². The summed E-state index contributed by atoms with van der Waals surface area (Å²) in [7, 11) is 1.74. The number of ether oxygens (including phenoxy) is 1. The summed E-state index contributed by atoms with van der Waals surface area (Å²) in [5.74, 6) is 0.268. The zero-order valence-electron chi connectivity index (χ0n) is 12.8. The first-order valence-corrected chi connectivity index (χ1v) is 7.49. The molecule has 1 unspecified atom stereocenters. The van der Waals surface area contributed by atoms with Crippen LogP contribution in [-0.4, -0.2) is 37.0 Å². The van der Waals surface area contributed by atoms with Crippen LogP contribution in [-0.2, 0) is 4.79 Å². The molecule has 6 heteroatoms. The Labute approximate surface area is 136 Å². The SMILES string of the molecule is CC(Oc1cccc(Cl)c1Cl)C(=O)N(C)CC(C)(C)CN. The predicted octanol–water partition coefficient (Wildman–Crippen LogP) is 3.20. The van der Waals surface area contributed by atoms with Gasteiger partial charge in [-0.25, -0.2) is 0 Å². The lowest BCUT2D eigenvalue weighted by Gasteiger charge is -2.30. The van der Waals surface area contributed by atoms with Gasteiger partial charge in [0.25, 0.3) is 5.91 Å². The predicted molar refractivity (Wildman–Crippen MR) is 87.0 cm³/mol. The fourth-order valence-electron chi connectivity index (χ4n) is 1.91. The average Bonchev–Trinajstić information content (AvgIpc) is 2.42. The zero-order chi connectivity index (χ0) is 16.2. The molecule has 0 heterocycles. The summed E-state index contributed by atoms with van der Waals surface area (Å²) in [6, 6.07) is 5.07. The van der Waals surface area contributed by atoms with Crippen molar-refractivity contribution in [3.05, 3.63) is 28.2 Å². The fourth-order valence-corrected chi connectivity index (χ4v) is 2.25. The van der Waals surface area contributed by atoms with Crippen LogP contribution < -0.4 is 10.5 Å². The molecular weight excluding hydrogens is 311 g/mol. The maximum absolute atomic E-state index is 12.3. The van der Waals surface area contributed by atoms with Crippen molar-refractivity contribution in [2.24, 2.45) is 11.1 Å². The highest BCUT2D eigenvalue weighted by atomic mass is 35.5. The largest absolute Gasteiger partial charge is 0.479 e. The maximum atomic E-state index is 12.3. The number of halogens is 2. The summed E-state index contributed by atoms with van der Waals surface area (Å²) in [6.45, 7) is 6.76. The Morgan fingerprint density at radius 3 is 2.62 bits per heavy atom. The lowest BCUT2D eigenvalue weighted by Crippen LogP contribution is -2.44. The number of rotatable bonds is 6. The number of carbonyl (C=O) groups is 1. The van der Waals surface area contributed by atoms with Gasteiger partial charge in [-0.15, -0.1) is 0 Å². The Hall–Kier alpha value is -0.970. The standard InChI is InChI=1S/C15H22Cl2N2O2/c1-10(14(20)19(4)9-15(2,3)8-18)21-12-7-5-6-11(16)13(12)17/h5-7,10H,8-9,18H2,1-4H3. The molecule has 0 aliphatic heterocycles. The summed E-state index contributed by atoms with van der Waals surface area (Å²) in [5, 5.41) is 0.704. The Morgan fingerprint density at radius 1 is 1.43 bits per heavy atom. The van der Waals surface area contributed by atoms with Gasteiger partial charge in [-0.2, -0.15) is 0 Å². The van der Waals surface area contributed by atoms with Crippen molar-refractivity contribution in [2.45, 2.75) is 26.9 Å². The molecule has 0 radical (unpaired) electrons. The van der Waals surface area contributed by atoms with E-state index in [1.807, 2.05) is 13.8 Å². The molecule has 1 amide bonds. The lowest BCUT2D eigenvalue weighted by atomic mass is 9.93. The minimum absolute atomic E-state index is 0.132. The Kier molecular flexibility index (Phi) is 6.32. The monoisotopic (exact) mass is 332 g/mol. The number of carbonyl (C=O) groups excluding carboxylic acids is 1. The van der Waals surface area contributed by atoms with Crippen LogP contribution in [0.5, 0.6) is 5.75 Å². The Balaban J connectivity index is 2.72. The molecule has 4 nitrogen and oxygen atoms in total. The first-order chi connectivity index (χ1) is 9.68. The highest BCUT2D eigenvalue weighted by Gasteiger charge is 2.25. The molecule has 0 aromatic heterocycles. The van der Waals surface area contributed by atoms with Gasteiger partial charge in [0.05, 0.1) is 5.02 Å². The number of nitrogens with two attached hydrogens (primary N) is 1. The number of benzene rings is 1. The van der Waals surface area contributed by atoms with Crippen molar-refractivity contribution in [1.29, 1.82) is 0 Å². The smallest absolute Gasteiger partial charge is 0.263 e. The van der Waals surface area contributed by atoms with E-state index in [1.165, 1.54) is 0 Å². The number of likely N-dealkylation sites (N-methyl/N-ethyl adjacent to an activating group) is 1. The minimum Gasteiger partial charge on any atom is -0.479 e. The number of amides is 1. The summed E-state index contributed by atoms with van der Waals surface area (Å²) >= 11 is 12.0. The third-order valence-electron chi connectivity index (χ3n) is 3.16. The summed E-state index contributed by atoms with van der Waals surface area (Å²) in [5.41, 5.74) is 5.55. The highest BCUT2D eigenvalue weighted by Crippen LogP contribution is 2.32.